The number of hydrogen-bond donors (Lipinski definition) is 2. The van der Waals surface area contributed by atoms with Crippen LogP contribution in [0.4, 0.5) is 15.8 Å². The standard InChI is InChI=1S/C13H12ClFN2O3S/c1-20-12-6-8(16)2-5-13(12)21(18,19)17-9-3-4-11(15)10(14)7-9/h2-7,17H,16H2,1H3. The van der Waals surface area contributed by atoms with Crippen molar-refractivity contribution in [3.8, 4) is 5.75 Å². The van der Waals surface area contributed by atoms with Crippen molar-refractivity contribution in [3.63, 3.8) is 0 Å². The van der Waals surface area contributed by atoms with Gasteiger partial charge in [-0.25, -0.2) is 12.8 Å². The maximum atomic E-state index is 13.1. The average Bonchev–Trinajstić information content (AvgIpc) is 2.42. The molecule has 0 atom stereocenters. The first-order chi connectivity index (χ1) is 9.83. The van der Waals surface area contributed by atoms with E-state index in [-0.39, 0.29) is 21.4 Å². The monoisotopic (exact) mass is 330 g/mol. The van der Waals surface area contributed by atoms with Gasteiger partial charge in [0.25, 0.3) is 10.0 Å². The molecule has 5 nitrogen and oxygen atoms in total. The summed E-state index contributed by atoms with van der Waals surface area (Å²) in [5.41, 5.74) is 6.09. The summed E-state index contributed by atoms with van der Waals surface area (Å²) in [6.07, 6.45) is 0. The number of rotatable bonds is 4. The van der Waals surface area contributed by atoms with Gasteiger partial charge in [-0.2, -0.15) is 0 Å². The van der Waals surface area contributed by atoms with Gasteiger partial charge in [0.1, 0.15) is 16.5 Å². The number of sulfonamides is 1. The Kier molecular flexibility index (Phi) is 4.24. The maximum absolute atomic E-state index is 13.1. The van der Waals surface area contributed by atoms with Crippen molar-refractivity contribution in [1.82, 2.24) is 0 Å². The number of nitrogens with one attached hydrogen (secondary N) is 1. The molecule has 0 fully saturated rings. The third kappa shape index (κ3) is 3.37. The Morgan fingerprint density at radius 3 is 2.57 bits per heavy atom. The zero-order chi connectivity index (χ0) is 15.6. The second-order valence-corrected chi connectivity index (χ2v) is 6.20. The number of methoxy groups -OCH3 is 1. The molecule has 2 aromatic carbocycles. The van der Waals surface area contributed by atoms with E-state index in [4.69, 9.17) is 22.1 Å². The van der Waals surface area contributed by atoms with Crippen LogP contribution in [0.2, 0.25) is 5.02 Å². The summed E-state index contributed by atoms with van der Waals surface area (Å²) in [6.45, 7) is 0. The molecule has 0 saturated heterocycles. The molecule has 0 spiro atoms. The highest BCUT2D eigenvalue weighted by Crippen LogP contribution is 2.28. The van der Waals surface area contributed by atoms with Crippen LogP contribution in [-0.4, -0.2) is 15.5 Å². The number of halogens is 2. The molecule has 21 heavy (non-hydrogen) atoms. The fraction of sp³-hybridized carbons (Fsp3) is 0.0769. The zero-order valence-corrected chi connectivity index (χ0v) is 12.5. The van der Waals surface area contributed by atoms with Crippen LogP contribution >= 0.6 is 11.6 Å². The van der Waals surface area contributed by atoms with Gasteiger partial charge in [-0.05, 0) is 30.3 Å². The predicted molar refractivity (Wildman–Crippen MR) is 79.6 cm³/mol. The first-order valence-electron chi connectivity index (χ1n) is 5.75. The van der Waals surface area contributed by atoms with Gasteiger partial charge in [0.15, 0.2) is 0 Å². The van der Waals surface area contributed by atoms with Crippen molar-refractivity contribution in [1.29, 1.82) is 0 Å². The van der Waals surface area contributed by atoms with Crippen molar-refractivity contribution in [3.05, 3.63) is 47.2 Å². The number of hydrogen-bond acceptors (Lipinski definition) is 4. The highest BCUT2D eigenvalue weighted by atomic mass is 35.5. The minimum Gasteiger partial charge on any atom is -0.495 e. The van der Waals surface area contributed by atoms with Crippen molar-refractivity contribution in [2.45, 2.75) is 4.90 Å². The van der Waals surface area contributed by atoms with E-state index in [0.29, 0.717) is 5.69 Å². The summed E-state index contributed by atoms with van der Waals surface area (Å²) >= 11 is 5.62. The van der Waals surface area contributed by atoms with Gasteiger partial charge in [0.2, 0.25) is 0 Å². The highest BCUT2D eigenvalue weighted by molar-refractivity contribution is 7.92. The van der Waals surface area contributed by atoms with E-state index < -0.39 is 15.8 Å². The summed E-state index contributed by atoms with van der Waals surface area (Å²) in [6, 6.07) is 7.67. The minimum absolute atomic E-state index is 0.0837. The second kappa shape index (κ2) is 5.79. The molecule has 3 N–H and O–H groups in total. The second-order valence-electron chi connectivity index (χ2n) is 4.14. The number of ether oxygens (including phenoxy) is 1. The molecule has 0 unspecified atom stereocenters. The fourth-order valence-corrected chi connectivity index (χ4v) is 3.06. The largest absolute Gasteiger partial charge is 0.495 e. The lowest BCUT2D eigenvalue weighted by atomic mass is 10.3. The Hall–Kier alpha value is -1.99. The van der Waals surface area contributed by atoms with E-state index in [9.17, 15) is 12.8 Å². The number of nitrogens with two attached hydrogens (primary N) is 1. The molecule has 0 bridgehead atoms. The van der Waals surface area contributed by atoms with Gasteiger partial charge in [0, 0.05) is 11.8 Å². The van der Waals surface area contributed by atoms with Gasteiger partial charge in [-0.15, -0.1) is 0 Å². The zero-order valence-electron chi connectivity index (χ0n) is 10.9. The van der Waals surface area contributed by atoms with Crippen LogP contribution in [0.5, 0.6) is 5.75 Å². The van der Waals surface area contributed by atoms with Gasteiger partial charge in [-0.1, -0.05) is 11.6 Å². The third-order valence-electron chi connectivity index (χ3n) is 2.65. The number of anilines is 2. The Bertz CT molecular complexity index is 781. The smallest absolute Gasteiger partial charge is 0.265 e. The van der Waals surface area contributed by atoms with Crippen molar-refractivity contribution in [2.75, 3.05) is 17.6 Å². The highest BCUT2D eigenvalue weighted by Gasteiger charge is 2.20. The van der Waals surface area contributed by atoms with Gasteiger partial charge in [0.05, 0.1) is 17.8 Å². The molecular formula is C13H12ClFN2O3S. The minimum atomic E-state index is -3.91. The molecule has 0 saturated carbocycles. The summed E-state index contributed by atoms with van der Waals surface area (Å²) in [7, 11) is -2.58. The fourth-order valence-electron chi connectivity index (χ4n) is 1.68. The lowest BCUT2D eigenvalue weighted by Crippen LogP contribution is -2.14. The molecule has 112 valence electrons. The van der Waals surface area contributed by atoms with Crippen molar-refractivity contribution in [2.24, 2.45) is 0 Å². The Morgan fingerprint density at radius 1 is 1.24 bits per heavy atom. The summed E-state index contributed by atoms with van der Waals surface area (Å²) in [5.74, 6) is -0.527. The normalized spacial score (nSPS) is 11.2. The Labute approximate surface area is 126 Å². The molecule has 0 aliphatic heterocycles. The molecule has 2 aromatic rings. The molecule has 0 aliphatic carbocycles. The molecule has 0 aromatic heterocycles. The van der Waals surface area contributed by atoms with Crippen LogP contribution in [0.25, 0.3) is 0 Å². The number of nitrogen functional groups attached to an aromatic ring is 1. The van der Waals surface area contributed by atoms with E-state index in [1.54, 1.807) is 0 Å². The average molecular weight is 331 g/mol. The summed E-state index contributed by atoms with van der Waals surface area (Å²) in [4.78, 5) is -0.0837. The van der Waals surface area contributed by atoms with E-state index in [2.05, 4.69) is 4.72 Å². The third-order valence-corrected chi connectivity index (χ3v) is 4.36. The molecule has 2 rings (SSSR count). The van der Waals surface area contributed by atoms with E-state index in [1.807, 2.05) is 0 Å². The van der Waals surface area contributed by atoms with Gasteiger partial charge in [-0.3, -0.25) is 4.72 Å². The molecule has 0 amide bonds. The molecule has 0 aliphatic rings. The van der Waals surface area contributed by atoms with Crippen molar-refractivity contribution >= 4 is 33.0 Å². The van der Waals surface area contributed by atoms with Crippen LogP contribution < -0.4 is 15.2 Å². The topological polar surface area (TPSA) is 81.4 Å². The first-order valence-corrected chi connectivity index (χ1v) is 7.61. The SMILES string of the molecule is COc1cc(N)ccc1S(=O)(=O)Nc1ccc(F)c(Cl)c1. The lowest BCUT2D eigenvalue weighted by Gasteiger charge is -2.12. The Balaban J connectivity index is 2.40. The van der Waals surface area contributed by atoms with E-state index >= 15 is 0 Å². The quantitative estimate of drug-likeness (QED) is 0.845. The first kappa shape index (κ1) is 15.4. The summed E-state index contributed by atoms with van der Waals surface area (Å²) < 4.78 is 45.0. The van der Waals surface area contributed by atoms with Crippen LogP contribution in [0.1, 0.15) is 0 Å². The molecule has 8 heteroatoms. The number of benzene rings is 2. The van der Waals surface area contributed by atoms with Gasteiger partial charge < -0.3 is 10.5 Å². The summed E-state index contributed by atoms with van der Waals surface area (Å²) in [5, 5.41) is -0.181. The van der Waals surface area contributed by atoms with Crippen LogP contribution in [0.15, 0.2) is 41.3 Å². The lowest BCUT2D eigenvalue weighted by molar-refractivity contribution is 0.403. The van der Waals surface area contributed by atoms with Crippen molar-refractivity contribution < 1.29 is 17.5 Å². The van der Waals surface area contributed by atoms with E-state index in [1.165, 1.54) is 37.4 Å². The van der Waals surface area contributed by atoms with Crippen LogP contribution in [-0.2, 0) is 10.0 Å². The Morgan fingerprint density at radius 2 is 1.95 bits per heavy atom. The van der Waals surface area contributed by atoms with Gasteiger partial charge >= 0.3 is 0 Å². The molecule has 0 radical (unpaired) electrons. The maximum Gasteiger partial charge on any atom is 0.265 e. The van der Waals surface area contributed by atoms with Crippen LogP contribution in [0, 0.1) is 5.82 Å². The molecular weight excluding hydrogens is 319 g/mol. The molecule has 0 heterocycles. The van der Waals surface area contributed by atoms with E-state index in [0.717, 1.165) is 6.07 Å². The van der Waals surface area contributed by atoms with Crippen LogP contribution in [0.3, 0.4) is 0 Å². The predicted octanol–water partition coefficient (Wildman–Crippen LogP) is 2.87.